The van der Waals surface area contributed by atoms with Gasteiger partial charge in [-0.05, 0) is 23.3 Å². The van der Waals surface area contributed by atoms with Crippen molar-refractivity contribution in [2.45, 2.75) is 25.1 Å². The normalized spacial score (nSPS) is 20.9. The van der Waals surface area contributed by atoms with E-state index in [9.17, 15) is 9.50 Å². The summed E-state index contributed by atoms with van der Waals surface area (Å²) in [6.45, 7) is 0.293. The first-order chi connectivity index (χ1) is 9.66. The van der Waals surface area contributed by atoms with Gasteiger partial charge in [-0.2, -0.15) is 0 Å². The Morgan fingerprint density at radius 2 is 2.00 bits per heavy atom. The van der Waals surface area contributed by atoms with Crippen molar-refractivity contribution in [3.05, 3.63) is 70.0 Å². The zero-order valence-corrected chi connectivity index (χ0v) is 11.6. The van der Waals surface area contributed by atoms with Gasteiger partial charge in [0.25, 0.3) is 0 Å². The molecule has 0 heterocycles. The molecule has 4 heteroatoms. The molecule has 0 aromatic heterocycles. The lowest BCUT2D eigenvalue weighted by Crippen LogP contribution is -2.28. The third-order valence-electron chi connectivity index (χ3n) is 3.76. The molecule has 2 atom stereocenters. The van der Waals surface area contributed by atoms with Crippen molar-refractivity contribution in [3.63, 3.8) is 0 Å². The van der Waals surface area contributed by atoms with Crippen molar-refractivity contribution in [3.8, 4) is 0 Å². The molecule has 1 aliphatic carbocycles. The Kier molecular flexibility index (Phi) is 3.74. The number of hydrogen-bond donors (Lipinski definition) is 2. The number of aliphatic hydroxyl groups excluding tert-OH is 1. The molecule has 0 amide bonds. The molecule has 0 aliphatic heterocycles. The van der Waals surface area contributed by atoms with E-state index in [1.165, 1.54) is 6.07 Å². The number of fused-ring (bicyclic) bond motifs is 1. The minimum Gasteiger partial charge on any atom is -0.391 e. The molecule has 0 saturated carbocycles. The lowest BCUT2D eigenvalue weighted by molar-refractivity contribution is 0.140. The average molecular weight is 292 g/mol. The van der Waals surface area contributed by atoms with Crippen molar-refractivity contribution in [1.82, 2.24) is 5.32 Å². The van der Waals surface area contributed by atoms with Crippen molar-refractivity contribution in [2.75, 3.05) is 0 Å². The van der Waals surface area contributed by atoms with E-state index < -0.39 is 6.10 Å². The molecule has 20 heavy (non-hydrogen) atoms. The van der Waals surface area contributed by atoms with Gasteiger partial charge in [-0.1, -0.05) is 41.9 Å². The molecule has 0 fully saturated rings. The summed E-state index contributed by atoms with van der Waals surface area (Å²) in [7, 11) is 0. The SMILES string of the molecule is O[C@H]1Cc2ccccc2[C@H]1NCc1c(F)cccc1Cl. The lowest BCUT2D eigenvalue weighted by atomic mass is 10.1. The van der Waals surface area contributed by atoms with Crippen molar-refractivity contribution in [1.29, 1.82) is 0 Å². The summed E-state index contributed by atoms with van der Waals surface area (Å²) in [5.74, 6) is -0.328. The van der Waals surface area contributed by atoms with Crippen LogP contribution in [0, 0.1) is 5.82 Å². The van der Waals surface area contributed by atoms with Crippen LogP contribution in [-0.4, -0.2) is 11.2 Å². The Bertz CT molecular complexity index is 611. The molecule has 2 nitrogen and oxygen atoms in total. The van der Waals surface area contributed by atoms with Crippen LogP contribution >= 0.6 is 11.6 Å². The van der Waals surface area contributed by atoms with Gasteiger partial charge in [0, 0.05) is 23.6 Å². The van der Waals surface area contributed by atoms with Crippen molar-refractivity contribution >= 4 is 11.6 Å². The molecule has 0 bridgehead atoms. The largest absolute Gasteiger partial charge is 0.391 e. The van der Waals surface area contributed by atoms with Gasteiger partial charge in [0.15, 0.2) is 0 Å². The predicted molar refractivity (Wildman–Crippen MR) is 77.1 cm³/mol. The smallest absolute Gasteiger partial charge is 0.129 e. The van der Waals surface area contributed by atoms with Gasteiger partial charge in [-0.15, -0.1) is 0 Å². The van der Waals surface area contributed by atoms with E-state index in [4.69, 9.17) is 11.6 Å². The number of halogens is 2. The van der Waals surface area contributed by atoms with Crippen molar-refractivity contribution < 1.29 is 9.50 Å². The summed E-state index contributed by atoms with van der Waals surface area (Å²) in [5, 5.41) is 13.7. The van der Waals surface area contributed by atoms with E-state index in [2.05, 4.69) is 5.32 Å². The molecule has 0 radical (unpaired) electrons. The zero-order valence-electron chi connectivity index (χ0n) is 10.8. The van der Waals surface area contributed by atoms with Crippen LogP contribution in [0.2, 0.25) is 5.02 Å². The van der Waals surface area contributed by atoms with Gasteiger partial charge in [0.2, 0.25) is 0 Å². The fourth-order valence-electron chi connectivity index (χ4n) is 2.73. The topological polar surface area (TPSA) is 32.3 Å². The fraction of sp³-hybridized carbons (Fsp3) is 0.250. The molecule has 0 spiro atoms. The zero-order chi connectivity index (χ0) is 14.1. The lowest BCUT2D eigenvalue weighted by Gasteiger charge is -2.18. The van der Waals surface area contributed by atoms with Crippen LogP contribution in [0.25, 0.3) is 0 Å². The van der Waals surface area contributed by atoms with E-state index in [0.29, 0.717) is 23.6 Å². The van der Waals surface area contributed by atoms with Gasteiger partial charge in [-0.25, -0.2) is 4.39 Å². The molecule has 0 saturated heterocycles. The first kappa shape index (κ1) is 13.6. The van der Waals surface area contributed by atoms with Crippen LogP contribution in [0.5, 0.6) is 0 Å². The first-order valence-corrected chi connectivity index (χ1v) is 6.97. The molecule has 2 aromatic carbocycles. The third kappa shape index (κ3) is 2.44. The summed E-state index contributed by atoms with van der Waals surface area (Å²) < 4.78 is 13.7. The van der Waals surface area contributed by atoms with Gasteiger partial charge in [0.1, 0.15) is 5.82 Å². The Hall–Kier alpha value is -1.42. The second-order valence-electron chi connectivity index (χ2n) is 5.03. The highest BCUT2D eigenvalue weighted by Gasteiger charge is 2.30. The summed E-state index contributed by atoms with van der Waals surface area (Å²) in [5.41, 5.74) is 2.65. The Morgan fingerprint density at radius 1 is 1.20 bits per heavy atom. The second-order valence-corrected chi connectivity index (χ2v) is 5.44. The first-order valence-electron chi connectivity index (χ1n) is 6.59. The van der Waals surface area contributed by atoms with Crippen LogP contribution in [-0.2, 0) is 13.0 Å². The second kappa shape index (κ2) is 5.52. The molecule has 2 N–H and O–H groups in total. The quantitative estimate of drug-likeness (QED) is 0.910. The number of rotatable bonds is 3. The van der Waals surface area contributed by atoms with Crippen molar-refractivity contribution in [2.24, 2.45) is 0 Å². The minimum absolute atomic E-state index is 0.179. The van der Waals surface area contributed by atoms with Crippen LogP contribution in [0.1, 0.15) is 22.7 Å². The van der Waals surface area contributed by atoms with Gasteiger partial charge < -0.3 is 10.4 Å². The summed E-state index contributed by atoms with van der Waals surface area (Å²) in [6, 6.07) is 12.4. The number of benzene rings is 2. The third-order valence-corrected chi connectivity index (χ3v) is 4.12. The fourth-order valence-corrected chi connectivity index (χ4v) is 2.96. The maximum absolute atomic E-state index is 13.7. The minimum atomic E-state index is -0.488. The van der Waals surface area contributed by atoms with E-state index in [-0.39, 0.29) is 11.9 Å². The van der Waals surface area contributed by atoms with E-state index in [0.717, 1.165) is 11.1 Å². The summed E-state index contributed by atoms with van der Waals surface area (Å²) >= 11 is 6.01. The van der Waals surface area contributed by atoms with Gasteiger partial charge in [0.05, 0.1) is 12.1 Å². The summed E-state index contributed by atoms with van der Waals surface area (Å²) in [6.07, 6.45) is 0.136. The molecule has 3 rings (SSSR count). The highest BCUT2D eigenvalue weighted by molar-refractivity contribution is 6.31. The molecule has 0 unspecified atom stereocenters. The molecule has 1 aliphatic rings. The van der Waals surface area contributed by atoms with Gasteiger partial charge >= 0.3 is 0 Å². The van der Waals surface area contributed by atoms with Gasteiger partial charge in [-0.3, -0.25) is 0 Å². The Morgan fingerprint density at radius 3 is 2.80 bits per heavy atom. The Balaban J connectivity index is 1.79. The van der Waals surface area contributed by atoms with E-state index in [1.54, 1.807) is 12.1 Å². The summed E-state index contributed by atoms with van der Waals surface area (Å²) in [4.78, 5) is 0. The molecule has 2 aromatic rings. The van der Waals surface area contributed by atoms with Crippen LogP contribution in [0.15, 0.2) is 42.5 Å². The Labute approximate surface area is 122 Å². The van der Waals surface area contributed by atoms with Crippen LogP contribution in [0.4, 0.5) is 4.39 Å². The monoisotopic (exact) mass is 291 g/mol. The average Bonchev–Trinajstić information content (AvgIpc) is 2.74. The molecular formula is C16H15ClFNO. The predicted octanol–water partition coefficient (Wildman–Crippen LogP) is 3.23. The highest BCUT2D eigenvalue weighted by atomic mass is 35.5. The van der Waals surface area contributed by atoms with E-state index >= 15 is 0 Å². The standard InChI is InChI=1S/C16H15ClFNO/c17-13-6-3-7-14(18)12(13)9-19-16-11-5-2-1-4-10(11)8-15(16)20/h1-7,15-16,19-20H,8-9H2/t15-,16+/m0/s1. The molecular weight excluding hydrogens is 277 g/mol. The number of aliphatic hydroxyl groups is 1. The highest BCUT2D eigenvalue weighted by Crippen LogP contribution is 2.32. The van der Waals surface area contributed by atoms with Crippen LogP contribution in [0.3, 0.4) is 0 Å². The molecule has 104 valence electrons. The van der Waals surface area contributed by atoms with Crippen LogP contribution < -0.4 is 5.32 Å². The van der Waals surface area contributed by atoms with E-state index in [1.807, 2.05) is 24.3 Å². The number of nitrogens with one attached hydrogen (secondary N) is 1. The maximum Gasteiger partial charge on any atom is 0.129 e. The number of hydrogen-bond acceptors (Lipinski definition) is 2. The maximum atomic E-state index is 13.7.